The number of amides is 1. The molecule has 0 fully saturated rings. The average molecular weight is 273 g/mol. The molecule has 0 bridgehead atoms. The first-order chi connectivity index (χ1) is 8.04. The molecule has 1 aromatic rings. The number of carboxylic acids is 1. The lowest BCUT2D eigenvalue weighted by Gasteiger charge is -2.12. The summed E-state index contributed by atoms with van der Waals surface area (Å²) >= 11 is 2.93. The number of carboxylic acid groups (broad SMARTS) is 1. The third kappa shape index (κ3) is 4.40. The van der Waals surface area contributed by atoms with Gasteiger partial charge in [0.1, 0.15) is 6.04 Å². The van der Waals surface area contributed by atoms with Gasteiger partial charge in [-0.05, 0) is 37.5 Å². The Kier molecular flexibility index (Phi) is 5.50. The second-order valence-corrected chi connectivity index (χ2v) is 5.83. The first kappa shape index (κ1) is 14.1. The molecule has 1 rings (SSSR count). The molecule has 1 heterocycles. The predicted octanol–water partition coefficient (Wildman–Crippen LogP) is 1.99. The highest BCUT2D eigenvalue weighted by molar-refractivity contribution is 7.98. The molecule has 0 saturated carbocycles. The van der Waals surface area contributed by atoms with Crippen LogP contribution in [0.2, 0.25) is 0 Å². The van der Waals surface area contributed by atoms with E-state index >= 15 is 0 Å². The minimum atomic E-state index is -0.985. The van der Waals surface area contributed by atoms with Crippen LogP contribution < -0.4 is 5.32 Å². The van der Waals surface area contributed by atoms with E-state index in [1.165, 1.54) is 11.3 Å². The summed E-state index contributed by atoms with van der Waals surface area (Å²) in [5.41, 5.74) is 0. The number of thiophene rings is 1. The van der Waals surface area contributed by atoms with Gasteiger partial charge >= 0.3 is 5.97 Å². The molecular formula is C11H15NO3S2. The SMILES string of the molecule is CSCC[C@H](NC(=O)c1ccc(C)s1)C(=O)O. The van der Waals surface area contributed by atoms with E-state index < -0.39 is 12.0 Å². The van der Waals surface area contributed by atoms with Crippen molar-refractivity contribution < 1.29 is 14.7 Å². The van der Waals surface area contributed by atoms with Crippen LogP contribution in [0.5, 0.6) is 0 Å². The molecule has 0 spiro atoms. The summed E-state index contributed by atoms with van der Waals surface area (Å²) in [6, 6.07) is 2.75. The van der Waals surface area contributed by atoms with Gasteiger partial charge in [0.05, 0.1) is 4.88 Å². The molecule has 6 heteroatoms. The van der Waals surface area contributed by atoms with E-state index in [1.54, 1.807) is 17.8 Å². The minimum absolute atomic E-state index is 0.309. The van der Waals surface area contributed by atoms with Crippen molar-refractivity contribution in [2.24, 2.45) is 0 Å². The van der Waals surface area contributed by atoms with Crippen LogP contribution in [0.3, 0.4) is 0 Å². The Morgan fingerprint density at radius 2 is 2.24 bits per heavy atom. The largest absolute Gasteiger partial charge is 0.480 e. The lowest BCUT2D eigenvalue weighted by atomic mass is 10.2. The van der Waals surface area contributed by atoms with E-state index in [1.807, 2.05) is 19.2 Å². The number of hydrogen-bond acceptors (Lipinski definition) is 4. The third-order valence-corrected chi connectivity index (χ3v) is 3.82. The van der Waals surface area contributed by atoms with Gasteiger partial charge in [-0.25, -0.2) is 4.79 Å². The van der Waals surface area contributed by atoms with Crippen molar-refractivity contribution in [3.8, 4) is 0 Å². The van der Waals surface area contributed by atoms with Gasteiger partial charge in [-0.3, -0.25) is 4.79 Å². The predicted molar refractivity (Wildman–Crippen MR) is 70.9 cm³/mol. The van der Waals surface area contributed by atoms with Crippen molar-refractivity contribution in [1.82, 2.24) is 5.32 Å². The minimum Gasteiger partial charge on any atom is -0.480 e. The fourth-order valence-electron chi connectivity index (χ4n) is 1.28. The molecule has 0 aliphatic heterocycles. The number of carbonyl (C=O) groups is 2. The summed E-state index contributed by atoms with van der Waals surface area (Å²) in [7, 11) is 0. The fraction of sp³-hybridized carbons (Fsp3) is 0.455. The van der Waals surface area contributed by atoms with Crippen LogP contribution in [0.4, 0.5) is 0 Å². The maximum atomic E-state index is 11.8. The van der Waals surface area contributed by atoms with Gasteiger partial charge in [0, 0.05) is 4.88 Å². The molecule has 1 amide bonds. The first-order valence-corrected chi connectivity index (χ1v) is 7.34. The summed E-state index contributed by atoms with van der Waals surface area (Å²) in [5.74, 6) is -0.585. The molecule has 94 valence electrons. The number of rotatable bonds is 6. The van der Waals surface area contributed by atoms with E-state index in [0.717, 1.165) is 4.88 Å². The van der Waals surface area contributed by atoms with Crippen LogP contribution in [-0.2, 0) is 4.79 Å². The fourth-order valence-corrected chi connectivity index (χ4v) is 2.52. The molecule has 4 nitrogen and oxygen atoms in total. The Morgan fingerprint density at radius 3 is 2.71 bits per heavy atom. The van der Waals surface area contributed by atoms with Crippen LogP contribution in [0.15, 0.2) is 12.1 Å². The zero-order valence-corrected chi connectivity index (χ0v) is 11.4. The van der Waals surface area contributed by atoms with Gasteiger partial charge in [0.15, 0.2) is 0 Å². The summed E-state index contributed by atoms with van der Waals surface area (Å²) in [6.45, 7) is 1.91. The molecule has 1 aromatic heterocycles. The first-order valence-electron chi connectivity index (χ1n) is 5.13. The lowest BCUT2D eigenvalue weighted by Crippen LogP contribution is -2.40. The van der Waals surface area contributed by atoms with Crippen LogP contribution in [0, 0.1) is 6.92 Å². The second-order valence-electron chi connectivity index (χ2n) is 3.56. The van der Waals surface area contributed by atoms with Gasteiger partial charge in [-0.1, -0.05) is 0 Å². The quantitative estimate of drug-likeness (QED) is 0.832. The number of carbonyl (C=O) groups excluding carboxylic acids is 1. The van der Waals surface area contributed by atoms with Gasteiger partial charge in [0.25, 0.3) is 5.91 Å². The number of hydrogen-bond donors (Lipinski definition) is 2. The Balaban J connectivity index is 2.60. The van der Waals surface area contributed by atoms with Crippen molar-refractivity contribution in [2.45, 2.75) is 19.4 Å². The molecule has 0 aliphatic carbocycles. The lowest BCUT2D eigenvalue weighted by molar-refractivity contribution is -0.139. The monoisotopic (exact) mass is 273 g/mol. The normalized spacial score (nSPS) is 12.1. The average Bonchev–Trinajstić information content (AvgIpc) is 2.70. The summed E-state index contributed by atoms with van der Waals surface area (Å²) < 4.78 is 0. The Bertz CT molecular complexity index is 403. The molecular weight excluding hydrogens is 258 g/mol. The van der Waals surface area contributed by atoms with Crippen molar-refractivity contribution in [3.63, 3.8) is 0 Å². The zero-order valence-electron chi connectivity index (χ0n) is 9.73. The maximum Gasteiger partial charge on any atom is 0.326 e. The van der Waals surface area contributed by atoms with E-state index in [2.05, 4.69) is 5.32 Å². The van der Waals surface area contributed by atoms with Crippen LogP contribution in [-0.4, -0.2) is 35.0 Å². The highest BCUT2D eigenvalue weighted by Crippen LogP contribution is 2.15. The summed E-state index contributed by atoms with van der Waals surface area (Å²) in [6.07, 6.45) is 2.34. The number of aryl methyl sites for hydroxylation is 1. The topological polar surface area (TPSA) is 66.4 Å². The molecule has 0 aromatic carbocycles. The highest BCUT2D eigenvalue weighted by atomic mass is 32.2. The molecule has 0 radical (unpaired) electrons. The zero-order chi connectivity index (χ0) is 12.8. The molecule has 2 N–H and O–H groups in total. The Hall–Kier alpha value is -1.01. The van der Waals surface area contributed by atoms with E-state index in [4.69, 9.17) is 5.11 Å². The Morgan fingerprint density at radius 1 is 1.53 bits per heavy atom. The Labute approximate surface area is 108 Å². The van der Waals surface area contributed by atoms with Gasteiger partial charge in [-0.15, -0.1) is 11.3 Å². The molecule has 1 atom stereocenters. The number of thioether (sulfide) groups is 1. The number of aliphatic carboxylic acids is 1. The molecule has 0 aliphatic rings. The maximum absolute atomic E-state index is 11.8. The van der Waals surface area contributed by atoms with E-state index in [0.29, 0.717) is 17.1 Å². The second kappa shape index (κ2) is 6.66. The van der Waals surface area contributed by atoms with Crippen molar-refractivity contribution in [2.75, 3.05) is 12.0 Å². The van der Waals surface area contributed by atoms with Crippen molar-refractivity contribution in [1.29, 1.82) is 0 Å². The van der Waals surface area contributed by atoms with Gasteiger partial charge in [-0.2, -0.15) is 11.8 Å². The summed E-state index contributed by atoms with van der Waals surface area (Å²) in [5, 5.41) is 11.5. The van der Waals surface area contributed by atoms with E-state index in [-0.39, 0.29) is 5.91 Å². The molecule has 0 unspecified atom stereocenters. The van der Waals surface area contributed by atoms with Gasteiger partial charge in [0.2, 0.25) is 0 Å². The molecule has 17 heavy (non-hydrogen) atoms. The van der Waals surface area contributed by atoms with Crippen molar-refractivity contribution >= 4 is 35.0 Å². The number of nitrogens with one attached hydrogen (secondary N) is 1. The van der Waals surface area contributed by atoms with Crippen LogP contribution >= 0.6 is 23.1 Å². The van der Waals surface area contributed by atoms with Gasteiger partial charge < -0.3 is 10.4 Å². The van der Waals surface area contributed by atoms with Crippen molar-refractivity contribution in [3.05, 3.63) is 21.9 Å². The summed E-state index contributed by atoms with van der Waals surface area (Å²) in [4.78, 5) is 24.3. The highest BCUT2D eigenvalue weighted by Gasteiger charge is 2.20. The standard InChI is InChI=1S/C11H15NO3S2/c1-7-3-4-9(17-7)10(13)12-8(11(14)15)5-6-16-2/h3-4,8H,5-6H2,1-2H3,(H,12,13)(H,14,15)/t8-/m0/s1. The van der Waals surface area contributed by atoms with Crippen LogP contribution in [0.25, 0.3) is 0 Å². The molecule has 0 saturated heterocycles. The van der Waals surface area contributed by atoms with Crippen LogP contribution in [0.1, 0.15) is 21.0 Å². The van der Waals surface area contributed by atoms with E-state index in [9.17, 15) is 9.59 Å². The smallest absolute Gasteiger partial charge is 0.326 e. The third-order valence-electron chi connectivity index (χ3n) is 2.18.